The van der Waals surface area contributed by atoms with Gasteiger partial charge >= 0.3 is 5.97 Å². The van der Waals surface area contributed by atoms with E-state index in [1.54, 1.807) is 13.8 Å². The largest absolute Gasteiger partial charge is 0.432 e. The van der Waals surface area contributed by atoms with Gasteiger partial charge in [0.2, 0.25) is 6.29 Å². The number of aliphatic hydroxyl groups excluding tert-OH is 20. The third-order valence-corrected chi connectivity index (χ3v) is 21.8. The number of esters is 1. The van der Waals surface area contributed by atoms with Crippen LogP contribution in [0.25, 0.3) is 0 Å². The highest BCUT2D eigenvalue weighted by atomic mass is 16.8. The van der Waals surface area contributed by atoms with Gasteiger partial charge in [-0.15, -0.1) is 0 Å². The molecule has 0 aromatic heterocycles. The third-order valence-electron chi connectivity index (χ3n) is 21.8. The second-order valence-electron chi connectivity index (χ2n) is 27.1. The fourth-order valence-electron chi connectivity index (χ4n) is 16.9. The first-order chi connectivity index (χ1) is 42.4. The number of ether oxygens (including phenoxy) is 12. The molecule has 37 atom stereocenters. The zero-order valence-corrected chi connectivity index (χ0v) is 49.8. The summed E-state index contributed by atoms with van der Waals surface area (Å²) in [5.41, 5.74) is -6.22. The third kappa shape index (κ3) is 12.2. The molecule has 6 saturated heterocycles. The van der Waals surface area contributed by atoms with E-state index in [1.165, 1.54) is 0 Å². The van der Waals surface area contributed by atoms with Gasteiger partial charge in [0.1, 0.15) is 146 Å². The van der Waals surface area contributed by atoms with E-state index in [1.807, 2.05) is 6.92 Å². The molecule has 34 heteroatoms. The van der Waals surface area contributed by atoms with Crippen LogP contribution in [0.2, 0.25) is 0 Å². The molecule has 6 heterocycles. The van der Waals surface area contributed by atoms with Crippen molar-refractivity contribution in [2.45, 2.75) is 274 Å². The van der Waals surface area contributed by atoms with E-state index in [0.717, 1.165) is 0 Å². The van der Waals surface area contributed by atoms with Crippen molar-refractivity contribution in [2.75, 3.05) is 39.6 Å². The SMILES string of the molecule is C[C@@]1(C(=O)OC2OC(CO)C(O)C(OC3OC(CO)C(O)C(O)C3O)C2OC2OC(CO)C(O)C(O)C2O)CCC[C@]2(C)C1CC[C@@]13C[C@@](OC4OC(CO)C(O)C(OC5OC(CO)C(O)C(O)C5O)C4OC4OC(CO)C(O)C(O)C4O)(CC[C@H]12)[C@](C)(O)C3. The van der Waals surface area contributed by atoms with Crippen molar-refractivity contribution in [1.82, 2.24) is 0 Å². The predicted octanol–water partition coefficient (Wildman–Crippen LogP) is -10.3. The zero-order valence-electron chi connectivity index (χ0n) is 49.8. The molecule has 31 unspecified atom stereocenters. The van der Waals surface area contributed by atoms with Crippen LogP contribution < -0.4 is 0 Å². The summed E-state index contributed by atoms with van der Waals surface area (Å²) in [5, 5.41) is 228. The van der Waals surface area contributed by atoms with Gasteiger partial charge in [0.25, 0.3) is 0 Å². The highest BCUT2D eigenvalue weighted by Crippen LogP contribution is 2.74. The molecule has 520 valence electrons. The number of rotatable bonds is 18. The first kappa shape index (κ1) is 71.0. The van der Waals surface area contributed by atoms with Crippen LogP contribution in [0.15, 0.2) is 0 Å². The van der Waals surface area contributed by atoms with Crippen molar-refractivity contribution in [2.24, 2.45) is 28.1 Å². The molecule has 0 aromatic carbocycles. The maximum absolute atomic E-state index is 15.4. The fraction of sp³-hybridized carbons (Fsp3) is 0.982. The molecule has 0 amide bonds. The van der Waals surface area contributed by atoms with Crippen LogP contribution in [-0.2, 0) is 61.6 Å². The Hall–Kier alpha value is -1.81. The van der Waals surface area contributed by atoms with Crippen LogP contribution in [0.1, 0.15) is 78.6 Å². The molecule has 1 spiro atoms. The first-order valence-corrected chi connectivity index (χ1v) is 30.8. The summed E-state index contributed by atoms with van der Waals surface area (Å²) in [4.78, 5) is 15.4. The second kappa shape index (κ2) is 27.2. The molecule has 10 rings (SSSR count). The maximum atomic E-state index is 15.4. The Labute approximate surface area is 515 Å². The van der Waals surface area contributed by atoms with E-state index in [9.17, 15) is 107 Å². The number of fused-ring (bicyclic) bond motifs is 3. The van der Waals surface area contributed by atoms with Gasteiger partial charge in [0.05, 0.1) is 50.7 Å². The molecule has 2 bridgehead atoms. The Morgan fingerprint density at radius 2 is 0.733 bits per heavy atom. The fourth-order valence-corrected chi connectivity index (χ4v) is 16.9. The van der Waals surface area contributed by atoms with Gasteiger partial charge in [-0.3, -0.25) is 4.79 Å². The summed E-state index contributed by atoms with van der Waals surface area (Å²) >= 11 is 0. The van der Waals surface area contributed by atoms with Crippen molar-refractivity contribution in [3.63, 3.8) is 0 Å². The molecule has 21 N–H and O–H groups in total. The van der Waals surface area contributed by atoms with Crippen molar-refractivity contribution in [3.8, 4) is 0 Å². The van der Waals surface area contributed by atoms with Gasteiger partial charge in [-0.25, -0.2) is 0 Å². The molecule has 0 aromatic rings. The van der Waals surface area contributed by atoms with E-state index >= 15 is 4.79 Å². The Morgan fingerprint density at radius 1 is 0.389 bits per heavy atom. The van der Waals surface area contributed by atoms with Gasteiger partial charge in [0, 0.05) is 0 Å². The highest BCUT2D eigenvalue weighted by molar-refractivity contribution is 5.77. The molecule has 34 nitrogen and oxygen atoms in total. The van der Waals surface area contributed by atoms with Gasteiger partial charge < -0.3 is 164 Å². The van der Waals surface area contributed by atoms with Gasteiger partial charge in [0.15, 0.2) is 37.6 Å². The summed E-state index contributed by atoms with van der Waals surface area (Å²) < 4.78 is 72.7. The number of aliphatic hydroxyl groups is 21. The Morgan fingerprint density at radius 3 is 1.13 bits per heavy atom. The molecule has 4 saturated carbocycles. The number of hydrogen-bond acceptors (Lipinski definition) is 34. The van der Waals surface area contributed by atoms with E-state index in [4.69, 9.17) is 56.8 Å². The van der Waals surface area contributed by atoms with Crippen LogP contribution >= 0.6 is 0 Å². The summed E-state index contributed by atoms with van der Waals surface area (Å²) in [6, 6.07) is 0. The Bertz CT molecular complexity index is 2400. The lowest BCUT2D eigenvalue weighted by Gasteiger charge is -2.64. The minimum Gasteiger partial charge on any atom is -0.432 e. The standard InChI is InChI=1S/C56H92O34/c1-52-7-4-8-53(2,51(77)89-49-43(87-47-39(75)35(71)29(65)21(13-59)81-47)41(31(67)23(15-61)83-49)85-45-37(73)33(69)27(63)19(11-57)79-45)25(52)5-9-55-17-54(3,78)56(18-55,10-6-26(52)55)90-50-44(88-48-40(76)36(72)30(66)22(14-60)82-48)42(32(68)24(16-62)84-50)86-46-38(74)34(70)28(64)20(12-58)80-46/h19-50,57-76,78H,4-18H2,1-3H3/t19?,20?,21?,22?,23?,24?,25?,26-,27?,28?,29?,30?,31?,32?,33?,34?,35?,36?,37?,38?,39?,40?,41?,42?,43?,44?,45?,46?,47?,48?,49?,50?,52+,53+,54+,55+,56-/m0/s1. The van der Waals surface area contributed by atoms with E-state index in [2.05, 4.69) is 0 Å². The van der Waals surface area contributed by atoms with Crippen LogP contribution in [0.5, 0.6) is 0 Å². The number of hydrogen-bond donors (Lipinski definition) is 21. The normalized spacial score (nSPS) is 55.6. The topological polar surface area (TPSA) is 553 Å². The summed E-state index contributed by atoms with van der Waals surface area (Å²) in [7, 11) is 0. The van der Waals surface area contributed by atoms with Crippen LogP contribution in [-0.4, -0.2) is 348 Å². The minimum absolute atomic E-state index is 0.0701. The molecule has 6 aliphatic heterocycles. The molecule has 4 aliphatic carbocycles. The number of carbonyl (C=O) groups is 1. The van der Waals surface area contributed by atoms with E-state index in [0.29, 0.717) is 32.1 Å². The maximum Gasteiger partial charge on any atom is 0.314 e. The molecule has 90 heavy (non-hydrogen) atoms. The lowest BCUT2D eigenvalue weighted by atomic mass is 9.41. The van der Waals surface area contributed by atoms with Crippen LogP contribution in [0, 0.1) is 28.1 Å². The predicted molar refractivity (Wildman–Crippen MR) is 286 cm³/mol. The summed E-state index contributed by atoms with van der Waals surface area (Å²) in [5.74, 6) is -1.66. The molecule has 0 radical (unpaired) electrons. The summed E-state index contributed by atoms with van der Waals surface area (Å²) in [6.07, 6.45) is -53.9. The Kier molecular flexibility index (Phi) is 21.5. The average Bonchev–Trinajstić information content (AvgIpc) is 1.45. The van der Waals surface area contributed by atoms with Crippen molar-refractivity contribution >= 4 is 5.97 Å². The van der Waals surface area contributed by atoms with E-state index < -0.39 is 263 Å². The summed E-state index contributed by atoms with van der Waals surface area (Å²) in [6.45, 7) is -0.131. The average molecular weight is 1310 g/mol. The van der Waals surface area contributed by atoms with Gasteiger partial charge in [-0.2, -0.15) is 0 Å². The highest BCUT2D eigenvalue weighted by Gasteiger charge is 2.74. The molecule has 10 fully saturated rings. The van der Waals surface area contributed by atoms with Crippen molar-refractivity contribution in [1.29, 1.82) is 0 Å². The lowest BCUT2D eigenvalue weighted by Crippen LogP contribution is -2.68. The molecule has 10 aliphatic rings. The van der Waals surface area contributed by atoms with Gasteiger partial charge in [-0.05, 0) is 87.9 Å². The van der Waals surface area contributed by atoms with Crippen molar-refractivity contribution < 1.29 is 169 Å². The first-order valence-electron chi connectivity index (χ1n) is 30.8. The van der Waals surface area contributed by atoms with Crippen molar-refractivity contribution in [3.05, 3.63) is 0 Å². The van der Waals surface area contributed by atoms with Crippen LogP contribution in [0.4, 0.5) is 0 Å². The lowest BCUT2D eigenvalue weighted by molar-refractivity contribution is -0.406. The molecular weight excluding hydrogens is 1220 g/mol. The quantitative estimate of drug-likeness (QED) is 0.0448. The Balaban J connectivity index is 0.932. The molecular formula is C56H92O34. The smallest absolute Gasteiger partial charge is 0.314 e. The minimum atomic E-state index is -2.09. The second-order valence-corrected chi connectivity index (χ2v) is 27.1. The number of carbonyl (C=O) groups excluding carboxylic acids is 1. The van der Waals surface area contributed by atoms with E-state index in [-0.39, 0.29) is 31.6 Å². The van der Waals surface area contributed by atoms with Gasteiger partial charge in [-0.1, -0.05) is 13.3 Å². The monoisotopic (exact) mass is 1310 g/mol. The zero-order chi connectivity index (χ0) is 65.6. The van der Waals surface area contributed by atoms with Crippen LogP contribution in [0.3, 0.4) is 0 Å².